The molecule has 1 N–H and O–H groups in total. The van der Waals surface area contributed by atoms with Gasteiger partial charge in [0.15, 0.2) is 0 Å². The van der Waals surface area contributed by atoms with Gasteiger partial charge in [0.2, 0.25) is 0 Å². The number of nitrogens with one attached hydrogen (secondary N) is 1. The Bertz CT molecular complexity index is 315. The average molecular weight is 239 g/mol. The maximum Gasteiger partial charge on any atom is 0.0762 e. The van der Waals surface area contributed by atoms with Gasteiger partial charge >= 0.3 is 0 Å². The molecule has 0 atom stereocenters. The fourth-order valence-corrected chi connectivity index (χ4v) is 1.46. The highest BCUT2D eigenvalue weighted by atomic mass is 16.5. The third kappa shape index (κ3) is 6.44. The van der Waals surface area contributed by atoms with E-state index in [1.54, 1.807) is 7.11 Å². The van der Waals surface area contributed by atoms with Crippen molar-refractivity contribution >= 4 is 0 Å². The molecule has 98 valence electrons. The van der Waals surface area contributed by atoms with Crippen LogP contribution in [0.2, 0.25) is 0 Å². The van der Waals surface area contributed by atoms with Crippen LogP contribution in [0, 0.1) is 5.41 Å². The largest absolute Gasteiger partial charge is 0.383 e. The van der Waals surface area contributed by atoms with Crippen LogP contribution >= 0.6 is 0 Å². The first-order valence-electron chi connectivity index (χ1n) is 6.23. The summed E-state index contributed by atoms with van der Waals surface area (Å²) in [6.07, 6.45) is 3.20. The Morgan fingerprint density at radius 2 is 2.18 bits per heavy atom. The summed E-state index contributed by atoms with van der Waals surface area (Å²) < 4.78 is 7.00. The normalized spacial score (nSPS) is 12.0. The Hall–Kier alpha value is -0.870. The summed E-state index contributed by atoms with van der Waals surface area (Å²) in [6, 6.07) is 2.07. The van der Waals surface area contributed by atoms with Crippen LogP contribution in [0.3, 0.4) is 0 Å². The summed E-state index contributed by atoms with van der Waals surface area (Å²) in [5.74, 6) is 0. The van der Waals surface area contributed by atoms with E-state index in [4.69, 9.17) is 4.74 Å². The minimum absolute atomic E-state index is 0.364. The molecule has 0 spiro atoms. The Kier molecular flexibility index (Phi) is 5.65. The summed E-state index contributed by atoms with van der Waals surface area (Å²) in [7, 11) is 1.71. The molecule has 0 bridgehead atoms. The van der Waals surface area contributed by atoms with E-state index < -0.39 is 0 Å². The second-order valence-corrected chi connectivity index (χ2v) is 5.55. The first kappa shape index (κ1) is 14.2. The molecule has 0 fully saturated rings. The number of nitrogens with zero attached hydrogens (tertiary/aromatic N) is 2. The Morgan fingerprint density at radius 3 is 2.82 bits per heavy atom. The highest BCUT2D eigenvalue weighted by Gasteiger charge is 2.10. The smallest absolute Gasteiger partial charge is 0.0762 e. The number of aromatic nitrogens is 2. The van der Waals surface area contributed by atoms with Crippen molar-refractivity contribution < 1.29 is 4.74 Å². The van der Waals surface area contributed by atoms with E-state index in [0.29, 0.717) is 5.41 Å². The van der Waals surface area contributed by atoms with Gasteiger partial charge in [0.25, 0.3) is 0 Å². The van der Waals surface area contributed by atoms with Crippen LogP contribution in [0.15, 0.2) is 12.3 Å². The van der Waals surface area contributed by atoms with Crippen molar-refractivity contribution in [3.8, 4) is 0 Å². The van der Waals surface area contributed by atoms with Crippen LogP contribution in [0.1, 0.15) is 32.9 Å². The highest BCUT2D eigenvalue weighted by molar-refractivity contribution is 4.98. The SMILES string of the molecule is COCCNCc1ccn(CCC(C)(C)C)n1. The van der Waals surface area contributed by atoms with Gasteiger partial charge < -0.3 is 10.1 Å². The third-order valence-electron chi connectivity index (χ3n) is 2.58. The summed E-state index contributed by atoms with van der Waals surface area (Å²) in [4.78, 5) is 0. The molecule has 4 heteroatoms. The Morgan fingerprint density at radius 1 is 1.41 bits per heavy atom. The molecule has 0 unspecified atom stereocenters. The summed E-state index contributed by atoms with van der Waals surface area (Å²) in [5, 5.41) is 7.81. The molecule has 0 aliphatic rings. The zero-order chi connectivity index (χ0) is 12.7. The lowest BCUT2D eigenvalue weighted by atomic mass is 9.92. The molecule has 0 saturated heterocycles. The van der Waals surface area contributed by atoms with Gasteiger partial charge in [-0.15, -0.1) is 0 Å². The number of rotatable bonds is 7. The predicted molar refractivity (Wildman–Crippen MR) is 69.9 cm³/mol. The Balaban J connectivity index is 2.28. The highest BCUT2D eigenvalue weighted by Crippen LogP contribution is 2.18. The second kappa shape index (κ2) is 6.77. The number of hydrogen-bond acceptors (Lipinski definition) is 3. The van der Waals surface area contributed by atoms with Crippen molar-refractivity contribution in [2.24, 2.45) is 5.41 Å². The number of ether oxygens (including phenoxy) is 1. The van der Waals surface area contributed by atoms with E-state index in [9.17, 15) is 0 Å². The maximum atomic E-state index is 4.97. The van der Waals surface area contributed by atoms with Gasteiger partial charge in [-0.1, -0.05) is 20.8 Å². The van der Waals surface area contributed by atoms with Crippen LogP contribution < -0.4 is 5.32 Å². The van der Waals surface area contributed by atoms with Crippen molar-refractivity contribution in [1.29, 1.82) is 0 Å². The number of aryl methyl sites for hydroxylation is 1. The van der Waals surface area contributed by atoms with E-state index in [1.807, 2.05) is 4.68 Å². The van der Waals surface area contributed by atoms with E-state index in [-0.39, 0.29) is 0 Å². The van der Waals surface area contributed by atoms with Crippen molar-refractivity contribution in [1.82, 2.24) is 15.1 Å². The molecule has 0 saturated carbocycles. The average Bonchev–Trinajstić information content (AvgIpc) is 2.69. The molecule has 0 aromatic carbocycles. The van der Waals surface area contributed by atoms with Crippen LogP contribution in [0.4, 0.5) is 0 Å². The summed E-state index contributed by atoms with van der Waals surface area (Å²) >= 11 is 0. The van der Waals surface area contributed by atoms with Crippen LogP contribution in [0.25, 0.3) is 0 Å². The lowest BCUT2D eigenvalue weighted by Gasteiger charge is -2.17. The van der Waals surface area contributed by atoms with Gasteiger partial charge in [-0.3, -0.25) is 4.68 Å². The van der Waals surface area contributed by atoms with E-state index >= 15 is 0 Å². The van der Waals surface area contributed by atoms with Crippen molar-refractivity contribution in [3.63, 3.8) is 0 Å². The lowest BCUT2D eigenvalue weighted by Crippen LogP contribution is -2.19. The maximum absolute atomic E-state index is 4.97. The van der Waals surface area contributed by atoms with Crippen LogP contribution in [-0.2, 0) is 17.8 Å². The molecule has 0 aliphatic carbocycles. The molecule has 4 nitrogen and oxygen atoms in total. The third-order valence-corrected chi connectivity index (χ3v) is 2.58. The zero-order valence-corrected chi connectivity index (χ0v) is 11.5. The van der Waals surface area contributed by atoms with Gasteiger partial charge in [-0.2, -0.15) is 5.10 Å². The van der Waals surface area contributed by atoms with E-state index in [2.05, 4.69) is 43.4 Å². The minimum Gasteiger partial charge on any atom is -0.383 e. The first-order chi connectivity index (χ1) is 8.01. The molecule has 1 aromatic heterocycles. The molecule has 0 aliphatic heterocycles. The van der Waals surface area contributed by atoms with Crippen LogP contribution in [-0.4, -0.2) is 30.0 Å². The second-order valence-electron chi connectivity index (χ2n) is 5.55. The predicted octanol–water partition coefficient (Wildman–Crippen LogP) is 2.06. The monoisotopic (exact) mass is 239 g/mol. The molecule has 1 rings (SSSR count). The van der Waals surface area contributed by atoms with Gasteiger partial charge in [-0.05, 0) is 17.9 Å². The molecular formula is C13H25N3O. The molecule has 1 aromatic rings. The van der Waals surface area contributed by atoms with Crippen molar-refractivity contribution in [2.75, 3.05) is 20.3 Å². The van der Waals surface area contributed by atoms with Gasteiger partial charge in [0.05, 0.1) is 12.3 Å². The number of hydrogen-bond donors (Lipinski definition) is 1. The van der Waals surface area contributed by atoms with Crippen LogP contribution in [0.5, 0.6) is 0 Å². The van der Waals surface area contributed by atoms with Crippen molar-refractivity contribution in [2.45, 2.75) is 40.3 Å². The fourth-order valence-electron chi connectivity index (χ4n) is 1.46. The first-order valence-corrected chi connectivity index (χ1v) is 6.23. The van der Waals surface area contributed by atoms with Gasteiger partial charge in [0.1, 0.15) is 0 Å². The molecule has 0 radical (unpaired) electrons. The standard InChI is InChI=1S/C13H25N3O/c1-13(2,3)6-9-16-8-5-12(15-16)11-14-7-10-17-4/h5,8,14H,6-7,9-11H2,1-4H3. The topological polar surface area (TPSA) is 39.1 Å². The number of methoxy groups -OCH3 is 1. The minimum atomic E-state index is 0.364. The lowest BCUT2D eigenvalue weighted by molar-refractivity contribution is 0.199. The Labute approximate surface area is 104 Å². The molecule has 17 heavy (non-hydrogen) atoms. The van der Waals surface area contributed by atoms with Gasteiger partial charge in [-0.25, -0.2) is 0 Å². The molecule has 0 amide bonds. The quantitative estimate of drug-likeness (QED) is 0.740. The summed E-state index contributed by atoms with van der Waals surface area (Å²) in [6.45, 7) is 10.2. The van der Waals surface area contributed by atoms with Gasteiger partial charge in [0, 0.05) is 32.9 Å². The fraction of sp³-hybridized carbons (Fsp3) is 0.769. The molecule has 1 heterocycles. The van der Waals surface area contributed by atoms with Crippen molar-refractivity contribution in [3.05, 3.63) is 18.0 Å². The zero-order valence-electron chi connectivity index (χ0n) is 11.5. The van der Waals surface area contributed by atoms with E-state index in [1.165, 1.54) is 0 Å². The van der Waals surface area contributed by atoms with E-state index in [0.717, 1.165) is 38.4 Å². The summed E-state index contributed by atoms with van der Waals surface area (Å²) in [5.41, 5.74) is 1.46. The molecular weight excluding hydrogens is 214 g/mol.